The van der Waals surface area contributed by atoms with E-state index in [0.29, 0.717) is 5.56 Å². The second-order valence-electron chi connectivity index (χ2n) is 9.24. The molecule has 3 aromatic carbocycles. The van der Waals surface area contributed by atoms with E-state index in [0.717, 1.165) is 14.8 Å². The Morgan fingerprint density at radius 1 is 0.925 bits per heavy atom. The van der Waals surface area contributed by atoms with Gasteiger partial charge < -0.3 is 4.74 Å². The number of aryl methyl sites for hydroxylation is 1. The van der Waals surface area contributed by atoms with Crippen LogP contribution in [0.5, 0.6) is 5.75 Å². The van der Waals surface area contributed by atoms with Crippen LogP contribution in [0.15, 0.2) is 82.6 Å². The molecule has 0 radical (unpaired) electrons. The molecule has 210 valence electrons. The number of carbonyl (C=O) groups excluding carboxylic acids is 3. The summed E-state index contributed by atoms with van der Waals surface area (Å²) in [5.41, 5.74) is 1.65. The first kappa shape index (κ1) is 29.1. The fourth-order valence-corrected chi connectivity index (χ4v) is 6.41. The van der Waals surface area contributed by atoms with E-state index in [2.05, 4.69) is 0 Å². The van der Waals surface area contributed by atoms with E-state index >= 15 is 0 Å². The Labute approximate surface area is 232 Å². The lowest BCUT2D eigenvalue weighted by molar-refractivity contribution is -0.132. The molecule has 11 nitrogen and oxygen atoms in total. The van der Waals surface area contributed by atoms with Crippen LogP contribution >= 0.6 is 0 Å². The van der Waals surface area contributed by atoms with Gasteiger partial charge in [0.2, 0.25) is 26.0 Å². The van der Waals surface area contributed by atoms with Crippen LogP contribution < -0.4 is 14.8 Å². The number of hydrogen-bond acceptors (Lipinski definition) is 8. The molecule has 1 saturated heterocycles. The van der Waals surface area contributed by atoms with E-state index in [1.165, 1.54) is 67.6 Å². The fraction of sp³-hybridized carbons (Fsp3) is 0.222. The lowest BCUT2D eigenvalue weighted by atomic mass is 10.1. The molecule has 1 heterocycles. The maximum atomic E-state index is 13.8. The number of nitrogens with zero attached hydrogens (tertiary/aromatic N) is 2. The number of imide groups is 1. The van der Waals surface area contributed by atoms with E-state index in [1.807, 2.05) is 6.92 Å². The summed E-state index contributed by atoms with van der Waals surface area (Å²) in [6.07, 6.45) is -0.245. The highest BCUT2D eigenvalue weighted by molar-refractivity contribution is 7.89. The van der Waals surface area contributed by atoms with Crippen molar-refractivity contribution >= 4 is 43.5 Å². The number of benzene rings is 3. The van der Waals surface area contributed by atoms with Gasteiger partial charge in [-0.05, 0) is 67.4 Å². The Balaban J connectivity index is 1.65. The first-order valence-corrected chi connectivity index (χ1v) is 15.1. The lowest BCUT2D eigenvalue weighted by Crippen LogP contribution is -2.46. The number of anilines is 1. The third kappa shape index (κ3) is 6.28. The molecule has 3 aromatic rings. The van der Waals surface area contributed by atoms with Gasteiger partial charge in [0.1, 0.15) is 11.8 Å². The third-order valence-corrected chi connectivity index (χ3v) is 9.18. The van der Waals surface area contributed by atoms with E-state index in [1.54, 1.807) is 12.1 Å². The Morgan fingerprint density at radius 2 is 1.50 bits per heavy atom. The predicted molar refractivity (Wildman–Crippen MR) is 145 cm³/mol. The summed E-state index contributed by atoms with van der Waals surface area (Å²) in [5.74, 6) is -1.61. The van der Waals surface area contributed by atoms with Crippen molar-refractivity contribution in [2.45, 2.75) is 42.5 Å². The van der Waals surface area contributed by atoms with Crippen molar-refractivity contribution in [3.63, 3.8) is 0 Å². The molecule has 0 aromatic heterocycles. The van der Waals surface area contributed by atoms with Crippen LogP contribution in [0.25, 0.3) is 0 Å². The molecule has 0 aliphatic carbocycles. The van der Waals surface area contributed by atoms with Crippen molar-refractivity contribution in [2.75, 3.05) is 11.4 Å². The summed E-state index contributed by atoms with van der Waals surface area (Å²) in [6.45, 7) is 2.89. The molecule has 13 heteroatoms. The number of nitrogens with two attached hydrogens (primary N) is 1. The molecule has 1 aliphatic heterocycles. The summed E-state index contributed by atoms with van der Waals surface area (Å²) in [5, 5.41) is 5.15. The van der Waals surface area contributed by atoms with Gasteiger partial charge in [-0.2, -0.15) is 4.31 Å². The highest BCUT2D eigenvalue weighted by Gasteiger charge is 2.46. The van der Waals surface area contributed by atoms with Crippen molar-refractivity contribution in [1.82, 2.24) is 4.31 Å². The van der Waals surface area contributed by atoms with Gasteiger partial charge in [-0.15, -0.1) is 0 Å². The molecule has 4 rings (SSSR count). The number of primary sulfonamides is 1. The number of hydrogen-bond donors (Lipinski definition) is 1. The number of carbonyl (C=O) groups is 3. The van der Waals surface area contributed by atoms with Gasteiger partial charge in [0.25, 0.3) is 5.91 Å². The first-order valence-electron chi connectivity index (χ1n) is 12.1. The van der Waals surface area contributed by atoms with Gasteiger partial charge in [0.05, 0.1) is 21.9 Å². The average Bonchev–Trinajstić information content (AvgIpc) is 3.17. The minimum Gasteiger partial charge on any atom is -0.427 e. The van der Waals surface area contributed by atoms with Crippen molar-refractivity contribution in [3.05, 3.63) is 83.9 Å². The SMILES string of the molecule is CC(=O)Oc1ccc(N2C(=O)CC(N(CCc3ccc(S(N)(=O)=O)cc3)S(=O)(=O)c3ccc(C)cc3)C2=O)cc1. The van der Waals surface area contributed by atoms with E-state index in [4.69, 9.17) is 9.88 Å². The van der Waals surface area contributed by atoms with E-state index < -0.39 is 43.9 Å². The zero-order valence-electron chi connectivity index (χ0n) is 21.7. The topological polar surface area (TPSA) is 161 Å². The molecule has 1 atom stereocenters. The molecular weight excluding hydrogens is 558 g/mol. The van der Waals surface area contributed by atoms with Crippen LogP contribution in [0.4, 0.5) is 5.69 Å². The Kier molecular flexibility index (Phi) is 8.21. The summed E-state index contributed by atoms with van der Waals surface area (Å²) in [4.78, 5) is 38.5. The van der Waals surface area contributed by atoms with Gasteiger partial charge >= 0.3 is 5.97 Å². The molecule has 40 heavy (non-hydrogen) atoms. The molecule has 0 spiro atoms. The Bertz CT molecular complexity index is 1650. The van der Waals surface area contributed by atoms with Gasteiger partial charge in [-0.25, -0.2) is 26.9 Å². The molecule has 1 fully saturated rings. The zero-order chi connectivity index (χ0) is 29.2. The number of rotatable bonds is 9. The molecule has 1 aliphatic rings. The van der Waals surface area contributed by atoms with Gasteiger partial charge in [0, 0.05) is 13.5 Å². The average molecular weight is 586 g/mol. The monoisotopic (exact) mass is 585 g/mol. The van der Waals surface area contributed by atoms with Gasteiger partial charge in [-0.3, -0.25) is 14.4 Å². The highest BCUT2D eigenvalue weighted by atomic mass is 32.2. The van der Waals surface area contributed by atoms with Crippen LogP contribution in [-0.2, 0) is 40.9 Å². The molecule has 2 amide bonds. The fourth-order valence-electron chi connectivity index (χ4n) is 4.32. The smallest absolute Gasteiger partial charge is 0.308 e. The van der Waals surface area contributed by atoms with Crippen LogP contribution in [0.3, 0.4) is 0 Å². The summed E-state index contributed by atoms with van der Waals surface area (Å²) in [7, 11) is -8.12. The number of ether oxygens (including phenoxy) is 1. The van der Waals surface area contributed by atoms with Crippen molar-refractivity contribution in [2.24, 2.45) is 5.14 Å². The molecular formula is C27H27N3O8S2. The van der Waals surface area contributed by atoms with Crippen LogP contribution in [0.1, 0.15) is 24.5 Å². The van der Waals surface area contributed by atoms with E-state index in [9.17, 15) is 31.2 Å². The quantitative estimate of drug-likeness (QED) is 0.227. The second kappa shape index (κ2) is 11.3. The Morgan fingerprint density at radius 3 is 2.05 bits per heavy atom. The first-order chi connectivity index (χ1) is 18.8. The normalized spacial score (nSPS) is 16.0. The maximum Gasteiger partial charge on any atom is 0.308 e. The summed E-state index contributed by atoms with van der Waals surface area (Å²) >= 11 is 0. The van der Waals surface area contributed by atoms with Crippen molar-refractivity contribution < 1.29 is 36.0 Å². The van der Waals surface area contributed by atoms with E-state index in [-0.39, 0.29) is 40.6 Å². The second-order valence-corrected chi connectivity index (χ2v) is 12.7. The number of sulfonamides is 2. The molecule has 2 N–H and O–H groups in total. The largest absolute Gasteiger partial charge is 0.427 e. The maximum absolute atomic E-state index is 13.8. The molecule has 1 unspecified atom stereocenters. The predicted octanol–water partition coefficient (Wildman–Crippen LogP) is 2.13. The summed E-state index contributed by atoms with van der Waals surface area (Å²) < 4.78 is 56.7. The van der Waals surface area contributed by atoms with Crippen molar-refractivity contribution in [3.8, 4) is 5.75 Å². The highest BCUT2D eigenvalue weighted by Crippen LogP contribution is 2.31. The number of amides is 2. The van der Waals surface area contributed by atoms with Crippen LogP contribution in [-0.4, -0.2) is 51.5 Å². The lowest BCUT2D eigenvalue weighted by Gasteiger charge is -2.27. The zero-order valence-corrected chi connectivity index (χ0v) is 23.3. The van der Waals surface area contributed by atoms with Gasteiger partial charge in [-0.1, -0.05) is 29.8 Å². The minimum absolute atomic E-state index is 0.0351. The third-order valence-electron chi connectivity index (χ3n) is 6.33. The molecule has 0 bridgehead atoms. The van der Waals surface area contributed by atoms with Gasteiger partial charge in [0.15, 0.2) is 0 Å². The number of esters is 1. The summed E-state index contributed by atoms with van der Waals surface area (Å²) in [6, 6.07) is 16.2. The van der Waals surface area contributed by atoms with Crippen molar-refractivity contribution in [1.29, 1.82) is 0 Å². The Hall–Kier alpha value is -3.91. The standard InChI is InChI=1S/C27H27N3O8S2/c1-18-3-11-24(12-4-18)40(36,37)29(16-15-20-5-13-23(14-6-20)39(28,34)35)25-17-26(32)30(27(25)33)21-7-9-22(10-8-21)38-19(2)31/h3-14,25H,15-17H2,1-2H3,(H2,28,34,35). The van der Waals surface area contributed by atoms with Crippen LogP contribution in [0.2, 0.25) is 0 Å². The molecule has 0 saturated carbocycles. The van der Waals surface area contributed by atoms with Crippen LogP contribution in [0, 0.1) is 6.92 Å². The minimum atomic E-state index is -4.22.